The summed E-state index contributed by atoms with van der Waals surface area (Å²) in [5.41, 5.74) is 0.896. The third-order valence-corrected chi connectivity index (χ3v) is 3.24. The standard InChI is InChI=1S/C15H24FN3O/c1-15(2,3)18-10-12-9-13(16)11-17-14(12)19-5-4-7-20-8-6-19/h9,11,18H,4-8,10H2,1-3H3. The van der Waals surface area contributed by atoms with Gasteiger partial charge in [-0.3, -0.25) is 0 Å². The van der Waals surface area contributed by atoms with Crippen molar-refractivity contribution >= 4 is 5.82 Å². The molecule has 1 aliphatic heterocycles. The Balaban J connectivity index is 2.18. The Morgan fingerprint density at radius 2 is 2.15 bits per heavy atom. The van der Waals surface area contributed by atoms with Crippen LogP contribution in [0.15, 0.2) is 12.3 Å². The molecule has 0 saturated carbocycles. The lowest BCUT2D eigenvalue weighted by Crippen LogP contribution is -2.36. The van der Waals surface area contributed by atoms with Gasteiger partial charge in [-0.1, -0.05) is 0 Å². The summed E-state index contributed by atoms with van der Waals surface area (Å²) in [4.78, 5) is 6.49. The normalized spacial score (nSPS) is 17.1. The molecule has 4 nitrogen and oxygen atoms in total. The maximum absolute atomic E-state index is 13.5. The molecule has 0 aliphatic carbocycles. The van der Waals surface area contributed by atoms with E-state index in [1.54, 1.807) is 6.07 Å². The zero-order valence-corrected chi connectivity index (χ0v) is 12.6. The van der Waals surface area contributed by atoms with Crippen LogP contribution in [0.4, 0.5) is 10.2 Å². The molecule has 1 N–H and O–H groups in total. The average molecular weight is 281 g/mol. The zero-order chi connectivity index (χ0) is 14.6. The Hall–Kier alpha value is -1.20. The van der Waals surface area contributed by atoms with Gasteiger partial charge < -0.3 is 15.0 Å². The van der Waals surface area contributed by atoms with Crippen LogP contribution in [0.5, 0.6) is 0 Å². The van der Waals surface area contributed by atoms with E-state index in [9.17, 15) is 4.39 Å². The van der Waals surface area contributed by atoms with Gasteiger partial charge in [0.2, 0.25) is 0 Å². The Morgan fingerprint density at radius 3 is 2.90 bits per heavy atom. The van der Waals surface area contributed by atoms with Gasteiger partial charge in [0.15, 0.2) is 0 Å². The van der Waals surface area contributed by atoms with E-state index in [2.05, 4.69) is 36.0 Å². The fourth-order valence-electron chi connectivity index (χ4n) is 2.21. The Labute approximate surface area is 120 Å². The van der Waals surface area contributed by atoms with Crippen LogP contribution in [0.2, 0.25) is 0 Å². The Bertz CT molecular complexity index is 437. The molecular weight excluding hydrogens is 257 g/mol. The second-order valence-electron chi connectivity index (χ2n) is 6.19. The van der Waals surface area contributed by atoms with Gasteiger partial charge in [0.1, 0.15) is 11.6 Å². The van der Waals surface area contributed by atoms with Gasteiger partial charge in [-0.05, 0) is 33.3 Å². The van der Waals surface area contributed by atoms with Crippen LogP contribution in [-0.4, -0.2) is 36.8 Å². The third-order valence-electron chi connectivity index (χ3n) is 3.24. The Morgan fingerprint density at radius 1 is 1.35 bits per heavy atom. The van der Waals surface area contributed by atoms with E-state index in [-0.39, 0.29) is 11.4 Å². The van der Waals surface area contributed by atoms with Crippen molar-refractivity contribution in [3.05, 3.63) is 23.6 Å². The molecule has 0 unspecified atom stereocenters. The number of aromatic nitrogens is 1. The van der Waals surface area contributed by atoms with Gasteiger partial charge in [0.25, 0.3) is 0 Å². The number of ether oxygens (including phenoxy) is 1. The first-order valence-electron chi connectivity index (χ1n) is 7.18. The van der Waals surface area contributed by atoms with E-state index < -0.39 is 0 Å². The predicted octanol–water partition coefficient (Wildman–Crippen LogP) is 2.34. The summed E-state index contributed by atoms with van der Waals surface area (Å²) in [5.74, 6) is 0.583. The molecule has 0 atom stereocenters. The van der Waals surface area contributed by atoms with Crippen molar-refractivity contribution in [2.24, 2.45) is 0 Å². The quantitative estimate of drug-likeness (QED) is 0.923. The highest BCUT2D eigenvalue weighted by Crippen LogP contribution is 2.20. The van der Waals surface area contributed by atoms with E-state index in [1.807, 2.05) is 0 Å². The molecule has 2 rings (SSSR count). The molecule has 5 heteroatoms. The fraction of sp³-hybridized carbons (Fsp3) is 0.667. The van der Waals surface area contributed by atoms with Crippen LogP contribution in [-0.2, 0) is 11.3 Å². The number of hydrogen-bond acceptors (Lipinski definition) is 4. The molecule has 112 valence electrons. The molecule has 0 spiro atoms. The smallest absolute Gasteiger partial charge is 0.141 e. The number of nitrogens with zero attached hydrogens (tertiary/aromatic N) is 2. The molecule has 0 aromatic carbocycles. The van der Waals surface area contributed by atoms with Crippen LogP contribution in [0, 0.1) is 5.82 Å². The van der Waals surface area contributed by atoms with Gasteiger partial charge in [-0.2, -0.15) is 0 Å². The first-order chi connectivity index (χ1) is 9.46. The maximum atomic E-state index is 13.5. The SMILES string of the molecule is CC(C)(C)NCc1cc(F)cnc1N1CCCOCC1. The van der Waals surface area contributed by atoms with Crippen molar-refractivity contribution in [2.45, 2.75) is 39.3 Å². The molecule has 1 aromatic rings. The minimum absolute atomic E-state index is 0.00845. The summed E-state index contributed by atoms with van der Waals surface area (Å²) >= 11 is 0. The van der Waals surface area contributed by atoms with Gasteiger partial charge >= 0.3 is 0 Å². The summed E-state index contributed by atoms with van der Waals surface area (Å²) < 4.78 is 18.9. The van der Waals surface area contributed by atoms with Crippen LogP contribution >= 0.6 is 0 Å². The van der Waals surface area contributed by atoms with Gasteiger partial charge in [0.05, 0.1) is 12.8 Å². The monoisotopic (exact) mass is 281 g/mol. The fourth-order valence-corrected chi connectivity index (χ4v) is 2.21. The number of nitrogens with one attached hydrogen (secondary N) is 1. The highest BCUT2D eigenvalue weighted by Gasteiger charge is 2.17. The molecule has 1 saturated heterocycles. The molecule has 2 heterocycles. The van der Waals surface area contributed by atoms with Crippen molar-refractivity contribution in [1.82, 2.24) is 10.3 Å². The number of hydrogen-bond donors (Lipinski definition) is 1. The van der Waals surface area contributed by atoms with Gasteiger partial charge in [-0.15, -0.1) is 0 Å². The summed E-state index contributed by atoms with van der Waals surface area (Å²) in [5, 5.41) is 3.40. The second kappa shape index (κ2) is 6.50. The molecule has 0 radical (unpaired) electrons. The van der Waals surface area contributed by atoms with E-state index in [4.69, 9.17) is 4.74 Å². The topological polar surface area (TPSA) is 37.4 Å². The lowest BCUT2D eigenvalue weighted by atomic mass is 10.1. The maximum Gasteiger partial charge on any atom is 0.141 e. The van der Waals surface area contributed by atoms with E-state index in [0.717, 1.165) is 37.5 Å². The van der Waals surface area contributed by atoms with Crippen LogP contribution in [0.25, 0.3) is 0 Å². The van der Waals surface area contributed by atoms with Crippen molar-refractivity contribution in [1.29, 1.82) is 0 Å². The van der Waals surface area contributed by atoms with Gasteiger partial charge in [0, 0.05) is 37.3 Å². The van der Waals surface area contributed by atoms with Crippen LogP contribution in [0.3, 0.4) is 0 Å². The second-order valence-corrected chi connectivity index (χ2v) is 6.19. The van der Waals surface area contributed by atoms with Crippen molar-refractivity contribution in [3.63, 3.8) is 0 Å². The molecule has 1 fully saturated rings. The molecule has 20 heavy (non-hydrogen) atoms. The summed E-state index contributed by atoms with van der Waals surface area (Å²) in [6.07, 6.45) is 2.27. The van der Waals surface area contributed by atoms with Crippen molar-refractivity contribution in [3.8, 4) is 0 Å². The van der Waals surface area contributed by atoms with Crippen LogP contribution in [0.1, 0.15) is 32.8 Å². The van der Waals surface area contributed by atoms with E-state index in [0.29, 0.717) is 13.2 Å². The molecular formula is C15H24FN3O. The predicted molar refractivity (Wildman–Crippen MR) is 78.4 cm³/mol. The summed E-state index contributed by atoms with van der Waals surface area (Å²) in [7, 11) is 0. The Kier molecular flexibility index (Phi) is 4.94. The van der Waals surface area contributed by atoms with E-state index >= 15 is 0 Å². The lowest BCUT2D eigenvalue weighted by molar-refractivity contribution is 0.152. The minimum atomic E-state index is -0.287. The van der Waals surface area contributed by atoms with Crippen molar-refractivity contribution in [2.75, 3.05) is 31.2 Å². The zero-order valence-electron chi connectivity index (χ0n) is 12.6. The number of rotatable bonds is 3. The third kappa shape index (κ3) is 4.42. The first-order valence-corrected chi connectivity index (χ1v) is 7.18. The number of pyridine rings is 1. The number of halogens is 1. The first kappa shape index (κ1) is 15.2. The molecule has 0 amide bonds. The van der Waals surface area contributed by atoms with Crippen molar-refractivity contribution < 1.29 is 9.13 Å². The van der Waals surface area contributed by atoms with Crippen LogP contribution < -0.4 is 10.2 Å². The average Bonchev–Trinajstić information content (AvgIpc) is 2.64. The largest absolute Gasteiger partial charge is 0.380 e. The lowest BCUT2D eigenvalue weighted by Gasteiger charge is -2.26. The highest BCUT2D eigenvalue weighted by atomic mass is 19.1. The van der Waals surface area contributed by atoms with Gasteiger partial charge in [-0.25, -0.2) is 9.37 Å². The molecule has 1 aliphatic rings. The minimum Gasteiger partial charge on any atom is -0.380 e. The molecule has 1 aromatic heterocycles. The highest BCUT2D eigenvalue weighted by molar-refractivity contribution is 5.47. The van der Waals surface area contributed by atoms with E-state index in [1.165, 1.54) is 6.20 Å². The summed E-state index contributed by atoms with van der Waals surface area (Å²) in [6.45, 7) is 10.1. The number of anilines is 1. The summed E-state index contributed by atoms with van der Waals surface area (Å²) in [6, 6.07) is 1.58. The molecule has 0 bridgehead atoms.